The molecule has 0 unspecified atom stereocenters. The largest absolute Gasteiger partial charge is 0.488 e. The van der Waals surface area contributed by atoms with Crippen LogP contribution in [-0.4, -0.2) is 27.8 Å². The molecule has 1 rings (SSSR count). The summed E-state index contributed by atoms with van der Waals surface area (Å²) in [5.74, 6) is -3.42. The number of carboxylic acid groups (broad SMARTS) is 2. The zero-order valence-corrected chi connectivity index (χ0v) is 11.2. The van der Waals surface area contributed by atoms with Crippen LogP contribution in [0, 0.1) is 5.92 Å². The van der Waals surface area contributed by atoms with E-state index in [4.69, 9.17) is 14.9 Å². The fraction of sp³-hybridized carbons (Fsp3) is 0.429. The summed E-state index contributed by atoms with van der Waals surface area (Å²) in [4.78, 5) is 21.6. The molecule has 0 aliphatic heterocycles. The lowest BCUT2D eigenvalue weighted by molar-refractivity contribution is -0.154. The first-order chi connectivity index (χ1) is 8.69. The maximum atomic E-state index is 10.8. The molecule has 0 fully saturated rings. The van der Waals surface area contributed by atoms with Crippen LogP contribution in [0.1, 0.15) is 26.3 Å². The van der Waals surface area contributed by atoms with E-state index in [1.165, 1.54) is 0 Å². The summed E-state index contributed by atoms with van der Waals surface area (Å²) in [7, 11) is 0. The molecule has 104 valence electrons. The zero-order chi connectivity index (χ0) is 14.6. The maximum Gasteiger partial charge on any atom is 0.318 e. The van der Waals surface area contributed by atoms with Crippen LogP contribution in [0.5, 0.6) is 5.75 Å². The van der Waals surface area contributed by atoms with Crippen molar-refractivity contribution in [3.63, 3.8) is 0 Å². The lowest BCUT2D eigenvalue weighted by Gasteiger charge is -2.21. The Morgan fingerprint density at radius 1 is 1.11 bits per heavy atom. The van der Waals surface area contributed by atoms with E-state index in [9.17, 15) is 9.59 Å². The second-order valence-electron chi connectivity index (χ2n) is 5.29. The van der Waals surface area contributed by atoms with Crippen molar-refractivity contribution in [2.24, 2.45) is 5.92 Å². The highest BCUT2D eigenvalue weighted by Crippen LogP contribution is 2.20. The molecule has 0 bridgehead atoms. The Morgan fingerprint density at radius 2 is 1.58 bits per heavy atom. The summed E-state index contributed by atoms with van der Waals surface area (Å²) in [5, 5.41) is 17.6. The number of ether oxygens (including phenoxy) is 1. The summed E-state index contributed by atoms with van der Waals surface area (Å²) in [6.45, 7) is 5.77. The predicted molar refractivity (Wildman–Crippen MR) is 69.3 cm³/mol. The lowest BCUT2D eigenvalue weighted by atomic mass is 9.99. The standard InChI is InChI=1S/C14H18O5/c1-14(2,3)19-10-6-4-9(5-7-10)8-11(12(15)16)13(17)18/h4-7,11H,8H2,1-3H3,(H,15,16)(H,17,18). The predicted octanol–water partition coefficient (Wildman–Crippen LogP) is 2.19. The van der Waals surface area contributed by atoms with Crippen molar-refractivity contribution in [3.05, 3.63) is 29.8 Å². The van der Waals surface area contributed by atoms with Crippen LogP contribution in [-0.2, 0) is 16.0 Å². The Balaban J connectivity index is 2.76. The molecule has 0 amide bonds. The van der Waals surface area contributed by atoms with Crippen LogP contribution in [0.3, 0.4) is 0 Å². The highest BCUT2D eigenvalue weighted by molar-refractivity contribution is 5.93. The van der Waals surface area contributed by atoms with E-state index in [-0.39, 0.29) is 12.0 Å². The van der Waals surface area contributed by atoms with Gasteiger partial charge in [0.15, 0.2) is 5.92 Å². The number of benzene rings is 1. The van der Waals surface area contributed by atoms with Crippen LogP contribution in [0.15, 0.2) is 24.3 Å². The molecule has 5 heteroatoms. The van der Waals surface area contributed by atoms with Crippen LogP contribution < -0.4 is 4.74 Å². The number of hydrogen-bond donors (Lipinski definition) is 2. The van der Waals surface area contributed by atoms with Crippen molar-refractivity contribution < 1.29 is 24.5 Å². The normalized spacial score (nSPS) is 11.4. The van der Waals surface area contributed by atoms with E-state index < -0.39 is 17.9 Å². The molecule has 0 saturated heterocycles. The quantitative estimate of drug-likeness (QED) is 0.798. The molecular formula is C14H18O5. The summed E-state index contributed by atoms with van der Waals surface area (Å²) >= 11 is 0. The highest BCUT2D eigenvalue weighted by Gasteiger charge is 2.25. The van der Waals surface area contributed by atoms with Gasteiger partial charge in [-0.15, -0.1) is 0 Å². The SMILES string of the molecule is CC(C)(C)Oc1ccc(CC(C(=O)O)C(=O)O)cc1. The molecule has 0 aliphatic rings. The zero-order valence-electron chi connectivity index (χ0n) is 11.2. The first-order valence-corrected chi connectivity index (χ1v) is 5.92. The number of aliphatic carboxylic acids is 2. The molecule has 0 spiro atoms. The van der Waals surface area contributed by atoms with Crippen LogP contribution in [0.2, 0.25) is 0 Å². The van der Waals surface area contributed by atoms with Gasteiger partial charge in [0, 0.05) is 0 Å². The maximum absolute atomic E-state index is 10.8. The van der Waals surface area contributed by atoms with Gasteiger partial charge in [-0.2, -0.15) is 0 Å². The molecule has 0 aliphatic carbocycles. The monoisotopic (exact) mass is 266 g/mol. The Bertz CT molecular complexity index is 442. The van der Waals surface area contributed by atoms with E-state index in [1.807, 2.05) is 20.8 Å². The van der Waals surface area contributed by atoms with Gasteiger partial charge in [0.25, 0.3) is 0 Å². The molecule has 19 heavy (non-hydrogen) atoms. The Labute approximate surface area is 111 Å². The van der Waals surface area contributed by atoms with E-state index in [0.717, 1.165) is 0 Å². The Hall–Kier alpha value is -2.04. The Kier molecular flexibility index (Phi) is 4.53. The van der Waals surface area contributed by atoms with E-state index in [0.29, 0.717) is 11.3 Å². The molecule has 0 aromatic heterocycles. The van der Waals surface area contributed by atoms with Gasteiger partial charge < -0.3 is 14.9 Å². The van der Waals surface area contributed by atoms with Crippen molar-refractivity contribution in [3.8, 4) is 5.75 Å². The van der Waals surface area contributed by atoms with Gasteiger partial charge in [-0.1, -0.05) is 12.1 Å². The fourth-order valence-electron chi connectivity index (χ4n) is 1.56. The van der Waals surface area contributed by atoms with Crippen LogP contribution in [0.4, 0.5) is 0 Å². The van der Waals surface area contributed by atoms with Gasteiger partial charge in [0.2, 0.25) is 0 Å². The second kappa shape index (κ2) is 5.73. The number of carbonyl (C=O) groups is 2. The van der Waals surface area contributed by atoms with Crippen molar-refractivity contribution >= 4 is 11.9 Å². The first kappa shape index (κ1) is 15.0. The number of carboxylic acids is 2. The summed E-state index contributed by atoms with van der Waals surface area (Å²) in [6.07, 6.45) is -0.0412. The molecular weight excluding hydrogens is 248 g/mol. The van der Waals surface area contributed by atoms with Crippen molar-refractivity contribution in [2.75, 3.05) is 0 Å². The summed E-state index contributed by atoms with van der Waals surface area (Å²) in [6, 6.07) is 6.78. The van der Waals surface area contributed by atoms with Gasteiger partial charge in [-0.3, -0.25) is 9.59 Å². The molecule has 5 nitrogen and oxygen atoms in total. The van der Waals surface area contributed by atoms with Gasteiger partial charge >= 0.3 is 11.9 Å². The van der Waals surface area contributed by atoms with Crippen LogP contribution >= 0.6 is 0 Å². The molecule has 0 atom stereocenters. The Morgan fingerprint density at radius 3 is 1.95 bits per heavy atom. The van der Waals surface area contributed by atoms with E-state index >= 15 is 0 Å². The third kappa shape index (κ3) is 4.99. The summed E-state index contributed by atoms with van der Waals surface area (Å²) in [5.41, 5.74) is 0.336. The third-order valence-electron chi connectivity index (χ3n) is 2.38. The second-order valence-corrected chi connectivity index (χ2v) is 5.29. The van der Waals surface area contributed by atoms with Crippen molar-refractivity contribution in [1.29, 1.82) is 0 Å². The molecule has 2 N–H and O–H groups in total. The van der Waals surface area contributed by atoms with Gasteiger partial charge in [-0.25, -0.2) is 0 Å². The van der Waals surface area contributed by atoms with Crippen LogP contribution in [0.25, 0.3) is 0 Å². The van der Waals surface area contributed by atoms with Crippen molar-refractivity contribution in [1.82, 2.24) is 0 Å². The number of rotatable bonds is 5. The molecule has 1 aromatic rings. The lowest BCUT2D eigenvalue weighted by Crippen LogP contribution is -2.25. The average molecular weight is 266 g/mol. The highest BCUT2D eigenvalue weighted by atomic mass is 16.5. The molecule has 1 aromatic carbocycles. The van der Waals surface area contributed by atoms with Gasteiger partial charge in [-0.05, 0) is 44.9 Å². The first-order valence-electron chi connectivity index (χ1n) is 5.92. The minimum Gasteiger partial charge on any atom is -0.488 e. The minimum absolute atomic E-state index is 0.0412. The topological polar surface area (TPSA) is 83.8 Å². The fourth-order valence-corrected chi connectivity index (χ4v) is 1.56. The van der Waals surface area contributed by atoms with E-state index in [1.54, 1.807) is 24.3 Å². The molecule has 0 heterocycles. The number of hydrogen-bond acceptors (Lipinski definition) is 3. The third-order valence-corrected chi connectivity index (χ3v) is 2.38. The summed E-state index contributed by atoms with van der Waals surface area (Å²) < 4.78 is 5.62. The van der Waals surface area contributed by atoms with E-state index in [2.05, 4.69) is 0 Å². The van der Waals surface area contributed by atoms with Crippen molar-refractivity contribution in [2.45, 2.75) is 32.8 Å². The average Bonchev–Trinajstić information content (AvgIpc) is 2.25. The minimum atomic E-state index is -1.42. The van der Waals surface area contributed by atoms with Gasteiger partial charge in [0.05, 0.1) is 0 Å². The molecule has 0 saturated carbocycles. The molecule has 0 radical (unpaired) electrons. The van der Waals surface area contributed by atoms with Gasteiger partial charge in [0.1, 0.15) is 11.4 Å². The smallest absolute Gasteiger partial charge is 0.318 e.